The summed E-state index contributed by atoms with van der Waals surface area (Å²) in [5.41, 5.74) is 4.06. The lowest BCUT2D eigenvalue weighted by molar-refractivity contribution is 0.0342. The quantitative estimate of drug-likeness (QED) is 0.821. The van der Waals surface area contributed by atoms with Crippen LogP contribution in [0.3, 0.4) is 0 Å². The maximum atomic E-state index is 12.2. The van der Waals surface area contributed by atoms with E-state index >= 15 is 0 Å². The van der Waals surface area contributed by atoms with Crippen LogP contribution in [-0.2, 0) is 17.8 Å². The van der Waals surface area contributed by atoms with Gasteiger partial charge in [-0.3, -0.25) is 4.90 Å². The third kappa shape index (κ3) is 5.70. The van der Waals surface area contributed by atoms with E-state index in [4.69, 9.17) is 9.47 Å². The fraction of sp³-hybridized carbons (Fsp3) is 0.381. The number of nitrogens with zero attached hydrogens (tertiary/aromatic N) is 1. The summed E-state index contributed by atoms with van der Waals surface area (Å²) in [6.07, 6.45) is 0. The molecule has 1 fully saturated rings. The fourth-order valence-corrected chi connectivity index (χ4v) is 3.17. The predicted octanol–water partition coefficient (Wildman–Crippen LogP) is 3.16. The number of carbonyl (C=O) groups excluding carboxylic acids is 1. The number of benzene rings is 2. The zero-order valence-corrected chi connectivity index (χ0v) is 16.0. The molecular weight excluding hydrogens is 342 g/mol. The summed E-state index contributed by atoms with van der Waals surface area (Å²) in [7, 11) is 1.63. The molecule has 0 aromatic heterocycles. The molecular formula is C21H27N3O3. The molecule has 0 radical (unpaired) electrons. The molecule has 1 saturated heterocycles. The Morgan fingerprint density at radius 2 is 1.93 bits per heavy atom. The number of carbonyl (C=O) groups is 1. The number of anilines is 1. The zero-order chi connectivity index (χ0) is 19.1. The molecule has 1 aliphatic heterocycles. The molecule has 0 bridgehead atoms. The molecule has 0 saturated carbocycles. The molecule has 3 rings (SSSR count). The van der Waals surface area contributed by atoms with E-state index in [9.17, 15) is 4.79 Å². The van der Waals surface area contributed by atoms with Gasteiger partial charge in [-0.2, -0.15) is 0 Å². The molecule has 144 valence electrons. The Hall–Kier alpha value is -2.57. The van der Waals surface area contributed by atoms with E-state index in [2.05, 4.69) is 27.7 Å². The number of ether oxygens (including phenoxy) is 2. The number of methoxy groups -OCH3 is 1. The number of morpholine rings is 1. The van der Waals surface area contributed by atoms with Crippen molar-refractivity contribution in [3.63, 3.8) is 0 Å². The van der Waals surface area contributed by atoms with Crippen LogP contribution >= 0.6 is 0 Å². The van der Waals surface area contributed by atoms with Crippen molar-refractivity contribution in [1.82, 2.24) is 10.2 Å². The summed E-state index contributed by atoms with van der Waals surface area (Å²) in [5.74, 6) is 0.804. The highest BCUT2D eigenvalue weighted by atomic mass is 16.5. The lowest BCUT2D eigenvalue weighted by Gasteiger charge is -2.26. The second-order valence-corrected chi connectivity index (χ2v) is 6.70. The average molecular weight is 369 g/mol. The summed E-state index contributed by atoms with van der Waals surface area (Å²) in [4.78, 5) is 14.6. The van der Waals surface area contributed by atoms with Crippen molar-refractivity contribution >= 4 is 11.7 Å². The smallest absolute Gasteiger partial charge is 0.319 e. The van der Waals surface area contributed by atoms with E-state index in [1.165, 1.54) is 5.56 Å². The lowest BCUT2D eigenvalue weighted by Crippen LogP contribution is -2.35. The van der Waals surface area contributed by atoms with Crippen LogP contribution in [0.15, 0.2) is 42.5 Å². The molecule has 0 unspecified atom stereocenters. The van der Waals surface area contributed by atoms with Crippen molar-refractivity contribution in [2.75, 3.05) is 38.7 Å². The molecule has 2 aromatic carbocycles. The van der Waals surface area contributed by atoms with Gasteiger partial charge < -0.3 is 20.1 Å². The van der Waals surface area contributed by atoms with Crippen molar-refractivity contribution in [1.29, 1.82) is 0 Å². The first-order valence-electron chi connectivity index (χ1n) is 9.21. The predicted molar refractivity (Wildman–Crippen MR) is 106 cm³/mol. The fourth-order valence-electron chi connectivity index (χ4n) is 3.17. The molecule has 0 atom stereocenters. The largest absolute Gasteiger partial charge is 0.496 e. The third-order valence-corrected chi connectivity index (χ3v) is 4.61. The number of nitrogens with one attached hydrogen (secondary N) is 2. The number of aryl methyl sites for hydroxylation is 1. The van der Waals surface area contributed by atoms with Crippen LogP contribution < -0.4 is 15.4 Å². The number of hydrogen-bond acceptors (Lipinski definition) is 4. The van der Waals surface area contributed by atoms with E-state index in [0.29, 0.717) is 6.54 Å². The van der Waals surface area contributed by atoms with Gasteiger partial charge in [0, 0.05) is 31.9 Å². The van der Waals surface area contributed by atoms with Gasteiger partial charge in [0.15, 0.2) is 0 Å². The first kappa shape index (κ1) is 19.2. The van der Waals surface area contributed by atoms with Gasteiger partial charge in [-0.05, 0) is 41.8 Å². The molecule has 1 aliphatic rings. The van der Waals surface area contributed by atoms with Gasteiger partial charge in [0.25, 0.3) is 0 Å². The highest BCUT2D eigenvalue weighted by Gasteiger charge is 2.11. The molecule has 0 spiro atoms. The van der Waals surface area contributed by atoms with Gasteiger partial charge >= 0.3 is 6.03 Å². The normalized spacial score (nSPS) is 14.6. The minimum atomic E-state index is -0.224. The monoisotopic (exact) mass is 369 g/mol. The van der Waals surface area contributed by atoms with Gasteiger partial charge in [0.2, 0.25) is 0 Å². The Labute approximate surface area is 160 Å². The van der Waals surface area contributed by atoms with E-state index < -0.39 is 0 Å². The molecule has 0 aliphatic carbocycles. The second-order valence-electron chi connectivity index (χ2n) is 6.70. The molecule has 2 N–H and O–H groups in total. The van der Waals surface area contributed by atoms with Crippen LogP contribution in [0.4, 0.5) is 10.5 Å². The standard InChI is InChI=1S/C21H27N3O3/c1-16-12-19(6-7-20(16)26-2)23-21(25)22-14-17-4-3-5-18(13-17)15-24-8-10-27-11-9-24/h3-7,12-13H,8-11,14-15H2,1-2H3,(H2,22,23,25). The average Bonchev–Trinajstić information content (AvgIpc) is 2.68. The Morgan fingerprint density at radius 1 is 1.15 bits per heavy atom. The Bertz CT molecular complexity index is 773. The van der Waals surface area contributed by atoms with E-state index in [0.717, 1.165) is 55.4 Å². The number of urea groups is 1. The van der Waals surface area contributed by atoms with Gasteiger partial charge in [-0.15, -0.1) is 0 Å². The van der Waals surface area contributed by atoms with Crippen LogP contribution in [0.1, 0.15) is 16.7 Å². The Morgan fingerprint density at radius 3 is 2.67 bits per heavy atom. The van der Waals surface area contributed by atoms with Crippen LogP contribution in [0.2, 0.25) is 0 Å². The van der Waals surface area contributed by atoms with Crippen LogP contribution in [0.25, 0.3) is 0 Å². The van der Waals surface area contributed by atoms with Gasteiger partial charge in [-0.25, -0.2) is 4.79 Å². The summed E-state index contributed by atoms with van der Waals surface area (Å²) in [5, 5.41) is 5.77. The van der Waals surface area contributed by atoms with E-state index in [-0.39, 0.29) is 6.03 Å². The first-order chi connectivity index (χ1) is 13.1. The summed E-state index contributed by atoms with van der Waals surface area (Å²) in [6, 6.07) is 13.7. The molecule has 6 nitrogen and oxygen atoms in total. The lowest BCUT2D eigenvalue weighted by atomic mass is 10.1. The molecule has 2 aromatic rings. The van der Waals surface area contributed by atoms with Crippen molar-refractivity contribution in [3.8, 4) is 5.75 Å². The summed E-state index contributed by atoms with van der Waals surface area (Å²) >= 11 is 0. The minimum absolute atomic E-state index is 0.224. The maximum Gasteiger partial charge on any atom is 0.319 e. The van der Waals surface area contributed by atoms with Crippen molar-refractivity contribution in [3.05, 3.63) is 59.2 Å². The molecule has 2 amide bonds. The second kappa shape index (κ2) is 9.39. The molecule has 27 heavy (non-hydrogen) atoms. The van der Waals surface area contributed by atoms with Crippen molar-refractivity contribution in [2.45, 2.75) is 20.0 Å². The minimum Gasteiger partial charge on any atom is -0.496 e. The van der Waals surface area contributed by atoms with Gasteiger partial charge in [-0.1, -0.05) is 24.3 Å². The number of amides is 2. The van der Waals surface area contributed by atoms with Gasteiger partial charge in [0.05, 0.1) is 20.3 Å². The number of rotatable bonds is 6. The topological polar surface area (TPSA) is 62.8 Å². The van der Waals surface area contributed by atoms with E-state index in [1.54, 1.807) is 7.11 Å². The Kier molecular flexibility index (Phi) is 6.68. The third-order valence-electron chi connectivity index (χ3n) is 4.61. The first-order valence-corrected chi connectivity index (χ1v) is 9.21. The van der Waals surface area contributed by atoms with Crippen LogP contribution in [-0.4, -0.2) is 44.3 Å². The SMILES string of the molecule is COc1ccc(NC(=O)NCc2cccc(CN3CCOCC3)c2)cc1C. The molecule has 1 heterocycles. The van der Waals surface area contributed by atoms with Crippen molar-refractivity contribution < 1.29 is 14.3 Å². The summed E-state index contributed by atoms with van der Waals surface area (Å²) < 4.78 is 10.6. The summed E-state index contributed by atoms with van der Waals surface area (Å²) in [6.45, 7) is 6.87. The van der Waals surface area contributed by atoms with Gasteiger partial charge in [0.1, 0.15) is 5.75 Å². The van der Waals surface area contributed by atoms with E-state index in [1.807, 2.05) is 37.3 Å². The van der Waals surface area contributed by atoms with Crippen LogP contribution in [0, 0.1) is 6.92 Å². The van der Waals surface area contributed by atoms with Crippen molar-refractivity contribution in [2.24, 2.45) is 0 Å². The highest BCUT2D eigenvalue weighted by Crippen LogP contribution is 2.21. The Balaban J connectivity index is 1.51. The number of hydrogen-bond donors (Lipinski definition) is 2. The zero-order valence-electron chi connectivity index (χ0n) is 16.0. The maximum absolute atomic E-state index is 12.2. The highest BCUT2D eigenvalue weighted by molar-refractivity contribution is 5.89. The molecule has 6 heteroatoms. The van der Waals surface area contributed by atoms with Crippen LogP contribution in [0.5, 0.6) is 5.75 Å².